The molecule has 0 aromatic rings. The summed E-state index contributed by atoms with van der Waals surface area (Å²) in [7, 11) is 0. The van der Waals surface area contributed by atoms with Crippen molar-refractivity contribution in [2.75, 3.05) is 26.3 Å². The van der Waals surface area contributed by atoms with Gasteiger partial charge in [-0.05, 0) is 23.3 Å². The molecule has 5 nitrogen and oxygen atoms in total. The van der Waals surface area contributed by atoms with Crippen molar-refractivity contribution in [3.05, 3.63) is 47.9 Å². The molecule has 2 aliphatic heterocycles. The number of rotatable bonds is 4. The van der Waals surface area contributed by atoms with Crippen LogP contribution in [0, 0.1) is 0 Å². The monoisotopic (exact) mass is 236 g/mol. The van der Waals surface area contributed by atoms with Gasteiger partial charge in [0.25, 0.3) is 0 Å². The highest BCUT2D eigenvalue weighted by atomic mass is 16.5. The minimum Gasteiger partial charge on any atom is -0.372 e. The van der Waals surface area contributed by atoms with E-state index in [0.717, 1.165) is 21.3 Å². The van der Waals surface area contributed by atoms with E-state index in [-0.39, 0.29) is 0 Å². The Morgan fingerprint density at radius 2 is 1.41 bits per heavy atom. The Kier molecular flexibility index (Phi) is 3.98. The number of hydrogen-bond donors (Lipinski definition) is 2. The van der Waals surface area contributed by atoms with Gasteiger partial charge in [0.05, 0.1) is 26.3 Å². The van der Waals surface area contributed by atoms with E-state index in [1.165, 1.54) is 0 Å². The Balaban J connectivity index is 1.70. The SMILES string of the molecule is ON1C=CC(COCC2=CCN(O)C=C2)=CC1. The zero-order valence-electron chi connectivity index (χ0n) is 9.49. The van der Waals surface area contributed by atoms with E-state index in [1.54, 1.807) is 12.4 Å². The second kappa shape index (κ2) is 5.67. The molecule has 2 N–H and O–H groups in total. The van der Waals surface area contributed by atoms with E-state index < -0.39 is 0 Å². The second-order valence-corrected chi connectivity index (χ2v) is 3.93. The first-order chi connectivity index (χ1) is 8.24. The Morgan fingerprint density at radius 3 is 1.76 bits per heavy atom. The third kappa shape index (κ3) is 3.74. The van der Waals surface area contributed by atoms with Gasteiger partial charge in [-0.1, -0.05) is 12.2 Å². The van der Waals surface area contributed by atoms with E-state index in [0.29, 0.717) is 26.3 Å². The molecule has 0 saturated heterocycles. The summed E-state index contributed by atoms with van der Waals surface area (Å²) in [5.74, 6) is 0. The maximum Gasteiger partial charge on any atom is 0.0719 e. The van der Waals surface area contributed by atoms with Gasteiger partial charge in [-0.2, -0.15) is 0 Å². The van der Waals surface area contributed by atoms with Crippen molar-refractivity contribution in [3.63, 3.8) is 0 Å². The van der Waals surface area contributed by atoms with Crippen LogP contribution in [0.25, 0.3) is 0 Å². The average Bonchev–Trinajstić information content (AvgIpc) is 2.34. The van der Waals surface area contributed by atoms with Gasteiger partial charge < -0.3 is 4.74 Å². The van der Waals surface area contributed by atoms with Crippen LogP contribution < -0.4 is 0 Å². The Labute approximate surface area is 100 Å². The third-order valence-corrected chi connectivity index (χ3v) is 2.54. The summed E-state index contributed by atoms with van der Waals surface area (Å²) in [6, 6.07) is 0. The minimum absolute atomic E-state index is 0.497. The highest BCUT2D eigenvalue weighted by molar-refractivity contribution is 5.24. The van der Waals surface area contributed by atoms with Crippen molar-refractivity contribution in [1.82, 2.24) is 10.1 Å². The summed E-state index contributed by atoms with van der Waals surface area (Å²) in [6.07, 6.45) is 10.7. The summed E-state index contributed by atoms with van der Waals surface area (Å²) >= 11 is 0. The fourth-order valence-corrected chi connectivity index (χ4v) is 1.54. The zero-order chi connectivity index (χ0) is 12.1. The molecule has 92 valence electrons. The number of ether oxygens (including phenoxy) is 1. The molecule has 17 heavy (non-hydrogen) atoms. The maximum atomic E-state index is 9.10. The van der Waals surface area contributed by atoms with Crippen LogP contribution in [0.2, 0.25) is 0 Å². The predicted molar refractivity (Wildman–Crippen MR) is 62.3 cm³/mol. The maximum absolute atomic E-state index is 9.10. The zero-order valence-corrected chi connectivity index (χ0v) is 9.49. The van der Waals surface area contributed by atoms with E-state index in [1.807, 2.05) is 24.3 Å². The van der Waals surface area contributed by atoms with Gasteiger partial charge in [-0.3, -0.25) is 20.5 Å². The molecule has 0 radical (unpaired) electrons. The first kappa shape index (κ1) is 11.9. The minimum atomic E-state index is 0.497. The van der Waals surface area contributed by atoms with Crippen molar-refractivity contribution < 1.29 is 15.2 Å². The topological polar surface area (TPSA) is 56.2 Å². The molecule has 0 amide bonds. The van der Waals surface area contributed by atoms with Crippen LogP contribution in [0.3, 0.4) is 0 Å². The Hall–Kier alpha value is -1.56. The van der Waals surface area contributed by atoms with Gasteiger partial charge in [0, 0.05) is 12.4 Å². The Bertz CT molecular complexity index is 349. The lowest BCUT2D eigenvalue weighted by atomic mass is 10.2. The van der Waals surface area contributed by atoms with Crippen molar-refractivity contribution in [2.24, 2.45) is 0 Å². The van der Waals surface area contributed by atoms with Crippen molar-refractivity contribution >= 4 is 0 Å². The molecule has 2 aliphatic rings. The third-order valence-electron chi connectivity index (χ3n) is 2.54. The largest absolute Gasteiger partial charge is 0.372 e. The van der Waals surface area contributed by atoms with Crippen LogP contribution in [-0.4, -0.2) is 46.8 Å². The van der Waals surface area contributed by atoms with Crippen LogP contribution in [0.4, 0.5) is 0 Å². The Morgan fingerprint density at radius 1 is 0.941 bits per heavy atom. The molecule has 0 bridgehead atoms. The summed E-state index contributed by atoms with van der Waals surface area (Å²) in [4.78, 5) is 0. The molecular formula is C12H16N2O3. The van der Waals surface area contributed by atoms with E-state index >= 15 is 0 Å². The summed E-state index contributed by atoms with van der Waals surface area (Å²) in [5.41, 5.74) is 2.11. The van der Waals surface area contributed by atoms with Crippen molar-refractivity contribution in [1.29, 1.82) is 0 Å². The second-order valence-electron chi connectivity index (χ2n) is 3.93. The lowest BCUT2D eigenvalue weighted by Crippen LogP contribution is -2.17. The molecule has 0 unspecified atom stereocenters. The van der Waals surface area contributed by atoms with Crippen LogP contribution in [-0.2, 0) is 4.74 Å². The fourth-order valence-electron chi connectivity index (χ4n) is 1.54. The van der Waals surface area contributed by atoms with Gasteiger partial charge in [-0.25, -0.2) is 0 Å². The lowest BCUT2D eigenvalue weighted by molar-refractivity contribution is -0.0311. The molecule has 0 fully saturated rings. The van der Waals surface area contributed by atoms with Gasteiger partial charge in [0.1, 0.15) is 0 Å². The molecular weight excluding hydrogens is 220 g/mol. The van der Waals surface area contributed by atoms with Gasteiger partial charge in [0.2, 0.25) is 0 Å². The summed E-state index contributed by atoms with van der Waals surface area (Å²) in [6.45, 7) is 2.05. The molecule has 0 spiro atoms. The highest BCUT2D eigenvalue weighted by Gasteiger charge is 2.04. The molecule has 2 heterocycles. The van der Waals surface area contributed by atoms with Gasteiger partial charge in [0.15, 0.2) is 0 Å². The standard InChI is InChI=1S/C12H16N2O3/c15-13-5-1-11(2-6-13)9-17-10-12-3-7-14(16)8-4-12/h1-5,7,15-16H,6,8-10H2. The van der Waals surface area contributed by atoms with E-state index in [2.05, 4.69) is 0 Å². The molecule has 0 atom stereocenters. The van der Waals surface area contributed by atoms with Gasteiger partial charge >= 0.3 is 0 Å². The number of nitrogens with zero attached hydrogens (tertiary/aromatic N) is 2. The predicted octanol–water partition coefficient (Wildman–Crippen LogP) is 1.29. The molecule has 0 aromatic carbocycles. The average molecular weight is 236 g/mol. The van der Waals surface area contributed by atoms with Crippen LogP contribution in [0.5, 0.6) is 0 Å². The van der Waals surface area contributed by atoms with E-state index in [9.17, 15) is 0 Å². The molecule has 0 aromatic heterocycles. The quantitative estimate of drug-likeness (QED) is 0.770. The lowest BCUT2D eigenvalue weighted by Gasteiger charge is -2.17. The molecule has 0 saturated carbocycles. The molecule has 5 heteroatoms. The van der Waals surface area contributed by atoms with Crippen molar-refractivity contribution in [2.45, 2.75) is 0 Å². The van der Waals surface area contributed by atoms with Crippen molar-refractivity contribution in [3.8, 4) is 0 Å². The highest BCUT2D eigenvalue weighted by Crippen LogP contribution is 2.09. The van der Waals surface area contributed by atoms with Crippen LogP contribution >= 0.6 is 0 Å². The smallest absolute Gasteiger partial charge is 0.0719 e. The summed E-state index contributed by atoms with van der Waals surface area (Å²) in [5, 5.41) is 20.4. The fraction of sp³-hybridized carbons (Fsp3) is 0.333. The molecule has 2 rings (SSSR count). The van der Waals surface area contributed by atoms with E-state index in [4.69, 9.17) is 15.2 Å². The number of hydrogen-bond acceptors (Lipinski definition) is 5. The van der Waals surface area contributed by atoms with Crippen LogP contribution in [0.1, 0.15) is 0 Å². The van der Waals surface area contributed by atoms with Crippen LogP contribution in [0.15, 0.2) is 47.9 Å². The normalized spacial score (nSPS) is 19.4. The molecule has 0 aliphatic carbocycles. The van der Waals surface area contributed by atoms with Gasteiger partial charge in [-0.15, -0.1) is 0 Å². The number of hydroxylamine groups is 4. The first-order valence-electron chi connectivity index (χ1n) is 5.47. The summed E-state index contributed by atoms with van der Waals surface area (Å²) < 4.78 is 5.54. The first-order valence-corrected chi connectivity index (χ1v) is 5.47.